The number of ether oxygens (including phenoxy) is 1. The summed E-state index contributed by atoms with van der Waals surface area (Å²) in [5.74, 6) is -1.22. The quantitative estimate of drug-likeness (QED) is 0.419. The smallest absolute Gasteiger partial charge is 0.351 e. The van der Waals surface area contributed by atoms with Gasteiger partial charge in [-0.15, -0.1) is 0 Å². The normalized spacial score (nSPS) is 10.5. The first-order valence-corrected chi connectivity index (χ1v) is 7.34. The van der Waals surface area contributed by atoms with Crippen molar-refractivity contribution in [2.45, 2.75) is 6.92 Å². The van der Waals surface area contributed by atoms with E-state index in [9.17, 15) is 14.4 Å². The maximum atomic E-state index is 12.1. The van der Waals surface area contributed by atoms with Crippen LogP contribution >= 0.6 is 0 Å². The van der Waals surface area contributed by atoms with Crippen LogP contribution in [0.1, 0.15) is 26.3 Å². The van der Waals surface area contributed by atoms with E-state index in [1.54, 1.807) is 48.5 Å². The van der Waals surface area contributed by atoms with Crippen LogP contribution in [0.15, 0.2) is 63.8 Å². The largest absolute Gasteiger partial charge is 0.453 e. The maximum absolute atomic E-state index is 12.1. The summed E-state index contributed by atoms with van der Waals surface area (Å²) in [5, 5.41) is 0.605. The molecule has 24 heavy (non-hydrogen) atoms. The molecule has 0 spiro atoms. The summed E-state index contributed by atoms with van der Waals surface area (Å²) < 4.78 is 10.0. The first-order chi connectivity index (χ1) is 11.5. The molecule has 0 aliphatic rings. The minimum absolute atomic E-state index is 0.231. The number of rotatable bonds is 4. The van der Waals surface area contributed by atoms with Gasteiger partial charge in [-0.2, -0.15) is 0 Å². The highest BCUT2D eigenvalue weighted by Crippen LogP contribution is 2.13. The highest BCUT2D eigenvalue weighted by molar-refractivity contribution is 5.99. The molecule has 3 rings (SSSR count). The van der Waals surface area contributed by atoms with E-state index in [0.717, 1.165) is 5.56 Å². The van der Waals surface area contributed by atoms with Gasteiger partial charge in [0.2, 0.25) is 0 Å². The van der Waals surface area contributed by atoms with Gasteiger partial charge in [-0.05, 0) is 19.1 Å². The number of fused-ring (bicyclic) bond motifs is 1. The summed E-state index contributed by atoms with van der Waals surface area (Å²) >= 11 is 0. The standard InChI is InChI=1S/C19H14O5/c1-12-6-8-13(9-7-12)16(20)11-23-18(21)15-10-14-4-2-3-5-17(14)24-19(15)22/h2-10H,11H2,1H3. The molecule has 5 heteroatoms. The van der Waals surface area contributed by atoms with Crippen molar-refractivity contribution in [2.75, 3.05) is 6.61 Å². The van der Waals surface area contributed by atoms with Gasteiger partial charge >= 0.3 is 11.6 Å². The van der Waals surface area contributed by atoms with Gasteiger partial charge in [0, 0.05) is 10.9 Å². The molecule has 0 saturated carbocycles. The van der Waals surface area contributed by atoms with Crippen molar-refractivity contribution in [1.82, 2.24) is 0 Å². The van der Waals surface area contributed by atoms with E-state index >= 15 is 0 Å². The molecule has 5 nitrogen and oxygen atoms in total. The highest BCUT2D eigenvalue weighted by atomic mass is 16.5. The van der Waals surface area contributed by atoms with Crippen molar-refractivity contribution in [3.05, 3.63) is 81.7 Å². The van der Waals surface area contributed by atoms with E-state index < -0.39 is 18.2 Å². The minimum Gasteiger partial charge on any atom is -0.453 e. The van der Waals surface area contributed by atoms with Crippen molar-refractivity contribution in [3.63, 3.8) is 0 Å². The Morgan fingerprint density at radius 1 is 1.04 bits per heavy atom. The Balaban J connectivity index is 1.75. The second-order valence-electron chi connectivity index (χ2n) is 5.35. The molecule has 2 aromatic carbocycles. The molecular weight excluding hydrogens is 308 g/mol. The second-order valence-corrected chi connectivity index (χ2v) is 5.35. The first-order valence-electron chi connectivity index (χ1n) is 7.34. The molecule has 0 aliphatic carbocycles. The Morgan fingerprint density at radius 2 is 1.75 bits per heavy atom. The monoisotopic (exact) mass is 322 g/mol. The first kappa shape index (κ1) is 15.7. The second kappa shape index (κ2) is 6.50. The summed E-state index contributed by atoms with van der Waals surface area (Å²) in [6.45, 7) is 1.47. The average molecular weight is 322 g/mol. The summed E-state index contributed by atoms with van der Waals surface area (Å²) in [6, 6.07) is 15.2. The number of hydrogen-bond donors (Lipinski definition) is 0. The van der Waals surface area contributed by atoms with E-state index in [4.69, 9.17) is 9.15 Å². The molecule has 0 bridgehead atoms. The predicted molar refractivity (Wildman–Crippen MR) is 88.3 cm³/mol. The third-order valence-corrected chi connectivity index (χ3v) is 3.57. The van der Waals surface area contributed by atoms with Gasteiger partial charge in [-0.1, -0.05) is 48.0 Å². The number of hydrogen-bond acceptors (Lipinski definition) is 5. The van der Waals surface area contributed by atoms with Crippen molar-refractivity contribution in [1.29, 1.82) is 0 Å². The van der Waals surface area contributed by atoms with E-state index in [2.05, 4.69) is 0 Å². The number of carbonyl (C=O) groups excluding carboxylic acids is 2. The SMILES string of the molecule is Cc1ccc(C(=O)COC(=O)c2cc3ccccc3oc2=O)cc1. The zero-order valence-corrected chi connectivity index (χ0v) is 12.9. The molecule has 1 heterocycles. The fourth-order valence-corrected chi connectivity index (χ4v) is 2.24. The third-order valence-electron chi connectivity index (χ3n) is 3.57. The summed E-state index contributed by atoms with van der Waals surface area (Å²) in [6.07, 6.45) is 0. The number of ketones is 1. The lowest BCUT2D eigenvalue weighted by molar-refractivity contribution is 0.0470. The summed E-state index contributed by atoms with van der Waals surface area (Å²) in [5.41, 5.74) is 0.831. The van der Waals surface area contributed by atoms with Crippen LogP contribution in [0.25, 0.3) is 11.0 Å². The van der Waals surface area contributed by atoms with E-state index in [-0.39, 0.29) is 11.3 Å². The van der Waals surface area contributed by atoms with Crippen LogP contribution in [0.5, 0.6) is 0 Å². The molecule has 3 aromatic rings. The molecule has 0 atom stereocenters. The Morgan fingerprint density at radius 3 is 2.50 bits per heavy atom. The van der Waals surface area contributed by atoms with Crippen molar-refractivity contribution in [2.24, 2.45) is 0 Å². The fourth-order valence-electron chi connectivity index (χ4n) is 2.24. The lowest BCUT2D eigenvalue weighted by Gasteiger charge is -2.05. The molecule has 120 valence electrons. The third kappa shape index (κ3) is 3.25. The fraction of sp³-hybridized carbons (Fsp3) is 0.105. The van der Waals surface area contributed by atoms with Crippen LogP contribution in [0.4, 0.5) is 0 Å². The number of Topliss-reactive ketones (excluding diaryl/α,β-unsaturated/α-hetero) is 1. The zero-order valence-electron chi connectivity index (χ0n) is 12.9. The Labute approximate surface area is 137 Å². The van der Waals surface area contributed by atoms with E-state index in [1.165, 1.54) is 6.07 Å². The van der Waals surface area contributed by atoms with Gasteiger partial charge in [-0.25, -0.2) is 9.59 Å². The number of aryl methyl sites for hydroxylation is 1. The molecule has 0 aliphatic heterocycles. The number of carbonyl (C=O) groups is 2. The van der Waals surface area contributed by atoms with Gasteiger partial charge in [0.25, 0.3) is 0 Å². The molecule has 0 radical (unpaired) electrons. The molecular formula is C19H14O5. The van der Waals surface area contributed by atoms with E-state index in [1.807, 2.05) is 6.92 Å². The van der Waals surface area contributed by atoms with Gasteiger partial charge < -0.3 is 9.15 Å². The average Bonchev–Trinajstić information content (AvgIpc) is 2.59. The predicted octanol–water partition coefficient (Wildman–Crippen LogP) is 3.14. The minimum atomic E-state index is -0.880. The van der Waals surface area contributed by atoms with Gasteiger partial charge in [0.15, 0.2) is 12.4 Å². The number of esters is 1. The van der Waals surface area contributed by atoms with Crippen LogP contribution in [0, 0.1) is 6.92 Å². The zero-order chi connectivity index (χ0) is 17.1. The molecule has 0 fully saturated rings. The van der Waals surface area contributed by atoms with Crippen LogP contribution in [-0.2, 0) is 4.74 Å². The highest BCUT2D eigenvalue weighted by Gasteiger charge is 2.17. The Kier molecular flexibility index (Phi) is 4.24. The van der Waals surface area contributed by atoms with Gasteiger partial charge in [-0.3, -0.25) is 4.79 Å². The molecule has 0 unspecified atom stereocenters. The van der Waals surface area contributed by atoms with Crippen molar-refractivity contribution in [3.8, 4) is 0 Å². The summed E-state index contributed by atoms with van der Waals surface area (Å²) in [4.78, 5) is 35.9. The summed E-state index contributed by atoms with van der Waals surface area (Å²) in [7, 11) is 0. The topological polar surface area (TPSA) is 73.6 Å². The van der Waals surface area contributed by atoms with Crippen LogP contribution in [-0.4, -0.2) is 18.4 Å². The van der Waals surface area contributed by atoms with E-state index in [0.29, 0.717) is 16.5 Å². The van der Waals surface area contributed by atoms with Crippen LogP contribution < -0.4 is 5.63 Å². The Bertz CT molecular complexity index is 967. The lowest BCUT2D eigenvalue weighted by atomic mass is 10.1. The number of benzene rings is 2. The van der Waals surface area contributed by atoms with Gasteiger partial charge in [0.05, 0.1) is 0 Å². The lowest BCUT2D eigenvalue weighted by Crippen LogP contribution is -2.20. The molecule has 0 saturated heterocycles. The molecule has 0 N–H and O–H groups in total. The maximum Gasteiger partial charge on any atom is 0.351 e. The number of para-hydroxylation sites is 1. The Hall–Kier alpha value is -3.21. The van der Waals surface area contributed by atoms with Crippen LogP contribution in [0.3, 0.4) is 0 Å². The van der Waals surface area contributed by atoms with Crippen molar-refractivity contribution >= 4 is 22.7 Å². The molecule has 0 amide bonds. The molecule has 1 aromatic heterocycles. The van der Waals surface area contributed by atoms with Crippen molar-refractivity contribution < 1.29 is 18.7 Å². The van der Waals surface area contributed by atoms with Gasteiger partial charge in [0.1, 0.15) is 11.1 Å². The van der Waals surface area contributed by atoms with Crippen LogP contribution in [0.2, 0.25) is 0 Å².